The van der Waals surface area contributed by atoms with Gasteiger partial charge >= 0.3 is 0 Å². The molecule has 0 saturated carbocycles. The smallest absolute Gasteiger partial charge is 0.260 e. The van der Waals surface area contributed by atoms with Crippen LogP contribution in [0, 0.1) is 13.8 Å². The third-order valence-corrected chi connectivity index (χ3v) is 6.38. The largest absolute Gasteiger partial charge is 0.308 e. The molecule has 0 saturated heterocycles. The Kier molecular flexibility index (Phi) is 5.35. The molecule has 3 aromatic carbocycles. The van der Waals surface area contributed by atoms with E-state index in [-0.39, 0.29) is 5.91 Å². The van der Waals surface area contributed by atoms with Crippen LogP contribution in [0.1, 0.15) is 21.5 Å². The molecule has 0 N–H and O–H groups in total. The molecule has 0 unspecified atom stereocenters. The van der Waals surface area contributed by atoms with Crippen molar-refractivity contribution in [2.75, 3.05) is 32.1 Å². The van der Waals surface area contributed by atoms with Crippen LogP contribution in [0.3, 0.4) is 0 Å². The van der Waals surface area contributed by atoms with Crippen molar-refractivity contribution in [3.63, 3.8) is 0 Å². The van der Waals surface area contributed by atoms with Gasteiger partial charge in [-0.3, -0.25) is 9.69 Å². The van der Waals surface area contributed by atoms with Gasteiger partial charge in [-0.05, 0) is 62.0 Å². The number of aryl methyl sites for hydroxylation is 2. The molecule has 5 heteroatoms. The molecule has 148 valence electrons. The van der Waals surface area contributed by atoms with Crippen molar-refractivity contribution in [1.29, 1.82) is 0 Å². The highest BCUT2D eigenvalue weighted by Gasteiger charge is 2.23. The molecule has 0 aliphatic carbocycles. The maximum absolute atomic E-state index is 13.7. The van der Waals surface area contributed by atoms with E-state index in [2.05, 4.69) is 30.9 Å². The number of carbonyl (C=O) groups is 1. The van der Waals surface area contributed by atoms with E-state index in [1.165, 1.54) is 11.1 Å². The van der Waals surface area contributed by atoms with E-state index in [9.17, 15) is 4.79 Å². The van der Waals surface area contributed by atoms with E-state index < -0.39 is 0 Å². The SMILES string of the molecule is Cc1ccc2sc(N(CCN(C)C)C(=O)c3cccc4ccccc34)nc2c1C. The van der Waals surface area contributed by atoms with Crippen LogP contribution in [0.5, 0.6) is 0 Å². The number of anilines is 1. The van der Waals surface area contributed by atoms with Gasteiger partial charge in [0.1, 0.15) is 0 Å². The number of carbonyl (C=O) groups excluding carboxylic acids is 1. The van der Waals surface area contributed by atoms with Crippen LogP contribution in [0.25, 0.3) is 21.0 Å². The Morgan fingerprint density at radius 3 is 2.52 bits per heavy atom. The molecule has 29 heavy (non-hydrogen) atoms. The second kappa shape index (κ2) is 7.93. The van der Waals surface area contributed by atoms with Crippen molar-refractivity contribution in [3.05, 3.63) is 71.3 Å². The molecule has 0 aliphatic rings. The van der Waals surface area contributed by atoms with Crippen LogP contribution in [0.2, 0.25) is 0 Å². The first-order valence-electron chi connectivity index (χ1n) is 9.77. The van der Waals surface area contributed by atoms with Crippen molar-refractivity contribution in [1.82, 2.24) is 9.88 Å². The van der Waals surface area contributed by atoms with Gasteiger partial charge in [-0.2, -0.15) is 0 Å². The predicted octanol–water partition coefficient (Wildman–Crippen LogP) is 5.27. The van der Waals surface area contributed by atoms with Gasteiger partial charge in [0.2, 0.25) is 0 Å². The summed E-state index contributed by atoms with van der Waals surface area (Å²) in [6.45, 7) is 5.55. The van der Waals surface area contributed by atoms with Gasteiger partial charge in [0.25, 0.3) is 5.91 Å². The quantitative estimate of drug-likeness (QED) is 0.455. The van der Waals surface area contributed by atoms with Crippen molar-refractivity contribution in [2.24, 2.45) is 0 Å². The molecule has 0 spiro atoms. The fraction of sp³-hybridized carbons (Fsp3) is 0.250. The second-order valence-corrected chi connectivity index (χ2v) is 8.65. The highest BCUT2D eigenvalue weighted by atomic mass is 32.1. The minimum atomic E-state index is -0.00270. The van der Waals surface area contributed by atoms with Gasteiger partial charge in [0.15, 0.2) is 5.13 Å². The van der Waals surface area contributed by atoms with Crippen LogP contribution in [-0.4, -0.2) is 43.0 Å². The third-order valence-electron chi connectivity index (χ3n) is 5.34. The van der Waals surface area contributed by atoms with E-state index in [0.717, 1.165) is 32.7 Å². The summed E-state index contributed by atoms with van der Waals surface area (Å²) in [7, 11) is 4.04. The van der Waals surface area contributed by atoms with Crippen molar-refractivity contribution < 1.29 is 4.79 Å². The molecule has 1 aromatic heterocycles. The average molecular weight is 404 g/mol. The molecule has 4 rings (SSSR count). The summed E-state index contributed by atoms with van der Waals surface area (Å²) >= 11 is 1.58. The topological polar surface area (TPSA) is 36.4 Å². The zero-order valence-electron chi connectivity index (χ0n) is 17.3. The number of rotatable bonds is 5. The molecule has 0 radical (unpaired) electrons. The maximum atomic E-state index is 13.7. The third kappa shape index (κ3) is 3.76. The van der Waals surface area contributed by atoms with Crippen LogP contribution in [0.4, 0.5) is 5.13 Å². The summed E-state index contributed by atoms with van der Waals surface area (Å²) in [4.78, 5) is 22.5. The van der Waals surface area contributed by atoms with Gasteiger partial charge in [-0.25, -0.2) is 4.98 Å². The van der Waals surface area contributed by atoms with Gasteiger partial charge < -0.3 is 4.90 Å². The van der Waals surface area contributed by atoms with Crippen LogP contribution in [-0.2, 0) is 0 Å². The monoisotopic (exact) mass is 403 g/mol. The number of benzene rings is 3. The number of thiazole rings is 1. The Morgan fingerprint density at radius 1 is 0.966 bits per heavy atom. The molecule has 0 fully saturated rings. The highest BCUT2D eigenvalue weighted by Crippen LogP contribution is 2.33. The summed E-state index contributed by atoms with van der Waals surface area (Å²) < 4.78 is 1.11. The van der Waals surface area contributed by atoms with Crippen molar-refractivity contribution in [2.45, 2.75) is 13.8 Å². The Bertz CT molecular complexity index is 1190. The fourth-order valence-corrected chi connectivity index (χ4v) is 4.52. The Morgan fingerprint density at radius 2 is 1.72 bits per heavy atom. The molecular weight excluding hydrogens is 378 g/mol. The molecule has 4 nitrogen and oxygen atoms in total. The number of nitrogens with zero attached hydrogens (tertiary/aromatic N) is 3. The van der Waals surface area contributed by atoms with Gasteiger partial charge in [0, 0.05) is 18.7 Å². The molecular formula is C24H25N3OS. The van der Waals surface area contributed by atoms with E-state index in [4.69, 9.17) is 4.98 Å². The second-order valence-electron chi connectivity index (χ2n) is 7.64. The number of aromatic nitrogens is 1. The van der Waals surface area contributed by atoms with E-state index in [1.807, 2.05) is 61.5 Å². The van der Waals surface area contributed by atoms with Gasteiger partial charge in [-0.1, -0.05) is 53.8 Å². The van der Waals surface area contributed by atoms with Crippen LogP contribution < -0.4 is 4.90 Å². The molecule has 0 atom stereocenters. The van der Waals surface area contributed by atoms with Gasteiger partial charge in [0.05, 0.1) is 10.2 Å². The minimum absolute atomic E-state index is 0.00270. The number of hydrogen-bond acceptors (Lipinski definition) is 4. The average Bonchev–Trinajstić information content (AvgIpc) is 3.15. The van der Waals surface area contributed by atoms with Gasteiger partial charge in [-0.15, -0.1) is 0 Å². The Labute approximate surface area is 175 Å². The maximum Gasteiger partial charge on any atom is 0.260 e. The summed E-state index contributed by atoms with van der Waals surface area (Å²) in [5, 5.41) is 2.80. The Hall–Kier alpha value is -2.76. The van der Waals surface area contributed by atoms with E-state index >= 15 is 0 Å². The van der Waals surface area contributed by atoms with E-state index in [0.29, 0.717) is 12.1 Å². The molecule has 1 amide bonds. The minimum Gasteiger partial charge on any atom is -0.308 e. The Balaban J connectivity index is 1.81. The van der Waals surface area contributed by atoms with Crippen molar-refractivity contribution in [3.8, 4) is 0 Å². The predicted molar refractivity (Wildman–Crippen MR) is 123 cm³/mol. The molecule has 1 heterocycles. The number of amides is 1. The summed E-state index contributed by atoms with van der Waals surface area (Å²) in [5.41, 5.74) is 4.10. The van der Waals surface area contributed by atoms with Crippen LogP contribution >= 0.6 is 11.3 Å². The summed E-state index contributed by atoms with van der Waals surface area (Å²) in [6.07, 6.45) is 0. The lowest BCUT2D eigenvalue weighted by Crippen LogP contribution is -2.36. The lowest BCUT2D eigenvalue weighted by Gasteiger charge is -2.22. The molecule has 0 bridgehead atoms. The lowest BCUT2D eigenvalue weighted by atomic mass is 10.0. The fourth-order valence-electron chi connectivity index (χ4n) is 3.47. The summed E-state index contributed by atoms with van der Waals surface area (Å²) in [6, 6.07) is 18.2. The molecule has 4 aromatic rings. The normalized spacial score (nSPS) is 11.5. The highest BCUT2D eigenvalue weighted by molar-refractivity contribution is 7.22. The first kappa shape index (κ1) is 19.6. The summed E-state index contributed by atoms with van der Waals surface area (Å²) in [5.74, 6) is -0.00270. The standard InChI is InChI=1S/C24H25N3OS/c1-16-12-13-21-22(17(16)2)25-24(29-21)27(15-14-26(3)4)23(28)20-11-7-9-18-8-5-6-10-19(18)20/h5-13H,14-15H2,1-4H3. The number of fused-ring (bicyclic) bond motifs is 2. The van der Waals surface area contributed by atoms with E-state index in [1.54, 1.807) is 11.3 Å². The lowest BCUT2D eigenvalue weighted by molar-refractivity contribution is 0.0987. The number of likely N-dealkylation sites (N-methyl/N-ethyl adjacent to an activating group) is 1. The molecule has 0 aliphatic heterocycles. The number of hydrogen-bond donors (Lipinski definition) is 0. The first-order chi connectivity index (χ1) is 14.0. The first-order valence-corrected chi connectivity index (χ1v) is 10.6. The zero-order chi connectivity index (χ0) is 20.5. The zero-order valence-corrected chi connectivity index (χ0v) is 18.1. The van der Waals surface area contributed by atoms with Crippen LogP contribution in [0.15, 0.2) is 54.6 Å². The van der Waals surface area contributed by atoms with Crippen molar-refractivity contribution >= 4 is 43.4 Å².